The fourth-order valence-corrected chi connectivity index (χ4v) is 6.71. The molecule has 0 saturated heterocycles. The first-order valence-corrected chi connectivity index (χ1v) is 13.5. The summed E-state index contributed by atoms with van der Waals surface area (Å²) < 4.78 is 27.9. The molecule has 1 fully saturated rings. The number of amides is 1. The predicted octanol–water partition coefficient (Wildman–Crippen LogP) is 5.03. The Morgan fingerprint density at radius 3 is 2.52 bits per heavy atom. The number of thioether (sulfide) groups is 1. The summed E-state index contributed by atoms with van der Waals surface area (Å²) in [6, 6.07) is 13.1. The predicted molar refractivity (Wildman–Crippen MR) is 130 cm³/mol. The molecule has 0 atom stereocenters. The minimum Gasteiger partial charge on any atom is -0.354 e. The Morgan fingerprint density at radius 1 is 1.13 bits per heavy atom. The first-order valence-electron chi connectivity index (χ1n) is 10.6. The fraction of sp³-hybridized carbons (Fsp3) is 0.435. The number of rotatable bonds is 9. The number of hydrogen-bond acceptors (Lipinski definition) is 4. The highest BCUT2D eigenvalue weighted by Gasteiger charge is 2.28. The second kappa shape index (κ2) is 11.2. The molecule has 31 heavy (non-hydrogen) atoms. The molecule has 0 heterocycles. The molecule has 1 aliphatic rings. The Hall–Kier alpha value is -1.70. The molecule has 2 aromatic rings. The number of nitrogens with zero attached hydrogens (tertiary/aromatic N) is 1. The molecule has 168 valence electrons. The molecule has 2 aromatic carbocycles. The van der Waals surface area contributed by atoms with E-state index in [9.17, 15) is 13.2 Å². The molecule has 8 heteroatoms. The highest BCUT2D eigenvalue weighted by atomic mass is 35.5. The van der Waals surface area contributed by atoms with Crippen LogP contribution in [0.15, 0.2) is 53.4 Å². The van der Waals surface area contributed by atoms with Crippen molar-refractivity contribution in [3.63, 3.8) is 0 Å². The van der Waals surface area contributed by atoms with Crippen LogP contribution >= 0.6 is 23.4 Å². The molecule has 0 bridgehead atoms. The standard InChI is InChI=1S/C23H29ClN2O3S2/c1-18-16-19(24)12-13-22(18)26(31(28,29)21-10-6-3-7-11-21)17-23(27)25-14-15-30-20-8-4-2-5-9-20/h3,6-7,10-13,16,20H,2,4-5,8-9,14-15,17H2,1H3,(H,25,27). The zero-order chi connectivity index (χ0) is 22.3. The quantitative estimate of drug-likeness (QED) is 0.511. The van der Waals surface area contributed by atoms with Gasteiger partial charge in [0.05, 0.1) is 10.6 Å². The molecule has 0 unspecified atom stereocenters. The van der Waals surface area contributed by atoms with Crippen LogP contribution in [0, 0.1) is 6.92 Å². The van der Waals surface area contributed by atoms with E-state index in [0.29, 0.717) is 28.1 Å². The van der Waals surface area contributed by atoms with Crippen molar-refractivity contribution in [2.45, 2.75) is 49.2 Å². The molecule has 0 spiro atoms. The molecular weight excluding hydrogens is 452 g/mol. The summed E-state index contributed by atoms with van der Waals surface area (Å²) in [5.74, 6) is 0.514. The first-order chi connectivity index (χ1) is 14.9. The first kappa shape index (κ1) is 24.0. The Labute approximate surface area is 194 Å². The van der Waals surface area contributed by atoms with Gasteiger partial charge in [-0.15, -0.1) is 0 Å². The topological polar surface area (TPSA) is 66.5 Å². The summed E-state index contributed by atoms with van der Waals surface area (Å²) in [7, 11) is -3.91. The van der Waals surface area contributed by atoms with Crippen molar-refractivity contribution in [2.75, 3.05) is 23.1 Å². The number of sulfonamides is 1. The summed E-state index contributed by atoms with van der Waals surface area (Å²) in [6.07, 6.45) is 6.40. The second-order valence-electron chi connectivity index (χ2n) is 7.74. The smallest absolute Gasteiger partial charge is 0.264 e. The molecule has 1 saturated carbocycles. The third-order valence-corrected chi connectivity index (χ3v) is 8.77. The maximum absolute atomic E-state index is 13.4. The number of carbonyl (C=O) groups excluding carboxylic acids is 1. The third kappa shape index (κ3) is 6.64. The molecule has 1 aliphatic carbocycles. The fourth-order valence-electron chi connectivity index (χ4n) is 3.75. The van der Waals surface area contributed by atoms with Crippen molar-refractivity contribution in [2.24, 2.45) is 0 Å². The minimum absolute atomic E-state index is 0.144. The Morgan fingerprint density at radius 2 is 1.84 bits per heavy atom. The lowest BCUT2D eigenvalue weighted by Gasteiger charge is -2.26. The van der Waals surface area contributed by atoms with Crippen LogP contribution in [-0.2, 0) is 14.8 Å². The van der Waals surface area contributed by atoms with Crippen molar-refractivity contribution < 1.29 is 13.2 Å². The molecule has 1 amide bonds. The number of anilines is 1. The van der Waals surface area contributed by atoms with Gasteiger partial charge in [0.1, 0.15) is 6.54 Å². The van der Waals surface area contributed by atoms with Gasteiger partial charge < -0.3 is 5.32 Å². The van der Waals surface area contributed by atoms with Gasteiger partial charge in [-0.2, -0.15) is 11.8 Å². The van der Waals surface area contributed by atoms with E-state index in [2.05, 4.69) is 5.32 Å². The molecule has 0 aliphatic heterocycles. The molecule has 0 aromatic heterocycles. The molecular formula is C23H29ClN2O3S2. The van der Waals surface area contributed by atoms with E-state index in [1.54, 1.807) is 43.3 Å². The molecule has 1 N–H and O–H groups in total. The van der Waals surface area contributed by atoms with E-state index >= 15 is 0 Å². The van der Waals surface area contributed by atoms with E-state index in [0.717, 1.165) is 10.1 Å². The SMILES string of the molecule is Cc1cc(Cl)ccc1N(CC(=O)NCCSC1CCCCC1)S(=O)(=O)c1ccccc1. The highest BCUT2D eigenvalue weighted by molar-refractivity contribution is 7.99. The van der Waals surface area contributed by atoms with Crippen LogP contribution in [-0.4, -0.2) is 38.4 Å². The maximum atomic E-state index is 13.4. The van der Waals surface area contributed by atoms with E-state index in [1.807, 2.05) is 11.8 Å². The van der Waals surface area contributed by atoms with E-state index < -0.39 is 10.0 Å². The van der Waals surface area contributed by atoms with Crippen molar-refractivity contribution >= 4 is 45.0 Å². The van der Waals surface area contributed by atoms with Crippen LogP contribution in [0.3, 0.4) is 0 Å². The normalized spacial score (nSPS) is 14.9. The molecule has 3 rings (SSSR count). The largest absolute Gasteiger partial charge is 0.354 e. The monoisotopic (exact) mass is 480 g/mol. The molecule has 5 nitrogen and oxygen atoms in total. The summed E-state index contributed by atoms with van der Waals surface area (Å²) in [5, 5.41) is 4.08. The van der Waals surface area contributed by atoms with Crippen molar-refractivity contribution in [1.82, 2.24) is 5.32 Å². The van der Waals surface area contributed by atoms with Crippen molar-refractivity contribution in [1.29, 1.82) is 0 Å². The van der Waals surface area contributed by atoms with E-state index in [-0.39, 0.29) is 17.3 Å². The number of nitrogens with one attached hydrogen (secondary N) is 1. The Kier molecular flexibility index (Phi) is 8.69. The average Bonchev–Trinajstić information content (AvgIpc) is 2.77. The summed E-state index contributed by atoms with van der Waals surface area (Å²) in [5.41, 5.74) is 1.13. The van der Waals surface area contributed by atoms with Crippen LogP contribution in [0.25, 0.3) is 0 Å². The molecule has 0 radical (unpaired) electrons. The number of aryl methyl sites for hydroxylation is 1. The highest BCUT2D eigenvalue weighted by Crippen LogP contribution is 2.29. The lowest BCUT2D eigenvalue weighted by atomic mass is 10.0. The van der Waals surface area contributed by atoms with Crippen LogP contribution in [0.1, 0.15) is 37.7 Å². The van der Waals surface area contributed by atoms with E-state index in [1.165, 1.54) is 44.2 Å². The minimum atomic E-state index is -3.91. The maximum Gasteiger partial charge on any atom is 0.264 e. The zero-order valence-electron chi connectivity index (χ0n) is 17.7. The third-order valence-electron chi connectivity index (χ3n) is 5.38. The van der Waals surface area contributed by atoms with Gasteiger partial charge >= 0.3 is 0 Å². The Bertz CT molecular complexity index is 978. The van der Waals surface area contributed by atoms with Gasteiger partial charge in [-0.1, -0.05) is 49.1 Å². The van der Waals surface area contributed by atoms with Gasteiger partial charge in [0.15, 0.2) is 0 Å². The summed E-state index contributed by atoms with van der Waals surface area (Å²) in [4.78, 5) is 12.8. The summed E-state index contributed by atoms with van der Waals surface area (Å²) >= 11 is 7.96. The van der Waals surface area contributed by atoms with Crippen LogP contribution in [0.2, 0.25) is 5.02 Å². The number of halogens is 1. The second-order valence-corrected chi connectivity index (χ2v) is 11.4. The van der Waals surface area contributed by atoms with Crippen LogP contribution < -0.4 is 9.62 Å². The van der Waals surface area contributed by atoms with Gasteiger partial charge in [0.25, 0.3) is 10.0 Å². The van der Waals surface area contributed by atoms with Crippen molar-refractivity contribution in [3.05, 3.63) is 59.1 Å². The number of benzene rings is 2. The van der Waals surface area contributed by atoms with Gasteiger partial charge in [0.2, 0.25) is 5.91 Å². The van der Waals surface area contributed by atoms with Crippen LogP contribution in [0.4, 0.5) is 5.69 Å². The summed E-state index contributed by atoms with van der Waals surface area (Å²) in [6.45, 7) is 2.03. The van der Waals surface area contributed by atoms with Gasteiger partial charge in [-0.25, -0.2) is 8.42 Å². The van der Waals surface area contributed by atoms with Gasteiger partial charge in [-0.05, 0) is 55.7 Å². The zero-order valence-corrected chi connectivity index (χ0v) is 20.1. The Balaban J connectivity index is 1.70. The number of hydrogen-bond donors (Lipinski definition) is 1. The van der Waals surface area contributed by atoms with E-state index in [4.69, 9.17) is 11.6 Å². The average molecular weight is 481 g/mol. The number of carbonyl (C=O) groups is 1. The van der Waals surface area contributed by atoms with Gasteiger partial charge in [-0.3, -0.25) is 9.10 Å². The van der Waals surface area contributed by atoms with Crippen molar-refractivity contribution in [3.8, 4) is 0 Å². The van der Waals surface area contributed by atoms with Gasteiger partial charge in [0, 0.05) is 22.6 Å². The lowest BCUT2D eigenvalue weighted by Crippen LogP contribution is -2.41. The van der Waals surface area contributed by atoms with Crippen LogP contribution in [0.5, 0.6) is 0 Å². The lowest BCUT2D eigenvalue weighted by molar-refractivity contribution is -0.119.